The van der Waals surface area contributed by atoms with Crippen molar-refractivity contribution >= 4 is 0 Å². The van der Waals surface area contributed by atoms with Crippen LogP contribution in [0.2, 0.25) is 0 Å². The van der Waals surface area contributed by atoms with Crippen LogP contribution in [0.4, 0.5) is 0 Å². The molecule has 1 heteroatoms. The van der Waals surface area contributed by atoms with Gasteiger partial charge in [-0.3, -0.25) is 0 Å². The van der Waals surface area contributed by atoms with E-state index in [-0.39, 0.29) is 0 Å². The normalized spacial score (nSPS) is 30.8. The second-order valence-electron chi connectivity index (χ2n) is 4.59. The van der Waals surface area contributed by atoms with E-state index in [2.05, 4.69) is 33.0 Å². The van der Waals surface area contributed by atoms with E-state index < -0.39 is 0 Å². The van der Waals surface area contributed by atoms with Gasteiger partial charge < -0.3 is 5.32 Å². The van der Waals surface area contributed by atoms with Crippen LogP contribution in [0.5, 0.6) is 0 Å². The van der Waals surface area contributed by atoms with E-state index in [1.807, 2.05) is 0 Å². The topological polar surface area (TPSA) is 12.0 Å². The minimum Gasteiger partial charge on any atom is -0.311 e. The Kier molecular flexibility index (Phi) is 3.57. The monoisotopic (exact) mass is 169 g/mol. The Morgan fingerprint density at radius 3 is 2.50 bits per heavy atom. The maximum absolute atomic E-state index is 3.69. The van der Waals surface area contributed by atoms with Gasteiger partial charge in [0.15, 0.2) is 0 Å². The lowest BCUT2D eigenvalue weighted by molar-refractivity contribution is 0.412. The van der Waals surface area contributed by atoms with Crippen molar-refractivity contribution in [3.63, 3.8) is 0 Å². The predicted molar refractivity (Wildman–Crippen MR) is 54.2 cm³/mol. The summed E-state index contributed by atoms with van der Waals surface area (Å²) in [6.07, 6.45) is 4.19. The fourth-order valence-electron chi connectivity index (χ4n) is 1.67. The Labute approximate surface area is 76.9 Å². The molecule has 1 aliphatic rings. The molecule has 0 amide bonds. The highest BCUT2D eigenvalue weighted by molar-refractivity contribution is 4.94. The molecule has 72 valence electrons. The fourth-order valence-corrected chi connectivity index (χ4v) is 1.67. The molecule has 0 aliphatic heterocycles. The molecular weight excluding hydrogens is 146 g/mol. The molecular formula is C11H23N. The molecule has 1 N–H and O–H groups in total. The van der Waals surface area contributed by atoms with Crippen molar-refractivity contribution in [2.24, 2.45) is 11.8 Å². The molecule has 0 radical (unpaired) electrons. The number of hydrogen-bond donors (Lipinski definition) is 1. The van der Waals surface area contributed by atoms with Crippen molar-refractivity contribution in [1.29, 1.82) is 0 Å². The van der Waals surface area contributed by atoms with E-state index in [0.717, 1.165) is 17.9 Å². The summed E-state index contributed by atoms with van der Waals surface area (Å²) < 4.78 is 0. The minimum absolute atomic E-state index is 0.692. The lowest BCUT2D eigenvalue weighted by Crippen LogP contribution is -2.33. The van der Waals surface area contributed by atoms with Gasteiger partial charge in [-0.05, 0) is 31.6 Å². The molecule has 0 aromatic heterocycles. The summed E-state index contributed by atoms with van der Waals surface area (Å²) >= 11 is 0. The van der Waals surface area contributed by atoms with Crippen LogP contribution < -0.4 is 5.32 Å². The van der Waals surface area contributed by atoms with Gasteiger partial charge in [0.1, 0.15) is 0 Å². The van der Waals surface area contributed by atoms with Crippen molar-refractivity contribution in [2.75, 3.05) is 0 Å². The van der Waals surface area contributed by atoms with Gasteiger partial charge in [-0.1, -0.05) is 27.2 Å². The van der Waals surface area contributed by atoms with Crippen LogP contribution in [0.15, 0.2) is 0 Å². The standard InChI is InChI=1S/C11H23N/c1-5-6-10-7-11(10)12-9(4)8(2)3/h8-12H,5-7H2,1-4H3. The van der Waals surface area contributed by atoms with E-state index in [1.165, 1.54) is 19.3 Å². The summed E-state index contributed by atoms with van der Waals surface area (Å²) in [6.45, 7) is 9.15. The third kappa shape index (κ3) is 2.78. The lowest BCUT2D eigenvalue weighted by atomic mass is 10.1. The van der Waals surface area contributed by atoms with E-state index in [9.17, 15) is 0 Å². The van der Waals surface area contributed by atoms with Crippen LogP contribution in [-0.2, 0) is 0 Å². The SMILES string of the molecule is CCCC1CC1NC(C)C(C)C. The van der Waals surface area contributed by atoms with Crippen LogP contribution in [0.1, 0.15) is 47.0 Å². The summed E-state index contributed by atoms with van der Waals surface area (Å²) in [7, 11) is 0. The number of rotatable bonds is 5. The van der Waals surface area contributed by atoms with Gasteiger partial charge in [-0.15, -0.1) is 0 Å². The quantitative estimate of drug-likeness (QED) is 0.667. The summed E-state index contributed by atoms with van der Waals surface area (Å²) in [4.78, 5) is 0. The summed E-state index contributed by atoms with van der Waals surface area (Å²) in [5, 5.41) is 3.69. The summed E-state index contributed by atoms with van der Waals surface area (Å²) in [5.41, 5.74) is 0. The maximum atomic E-state index is 3.69. The first-order valence-electron chi connectivity index (χ1n) is 5.41. The van der Waals surface area contributed by atoms with Gasteiger partial charge in [0.2, 0.25) is 0 Å². The van der Waals surface area contributed by atoms with Gasteiger partial charge in [0.05, 0.1) is 0 Å². The van der Waals surface area contributed by atoms with Crippen molar-refractivity contribution in [3.05, 3.63) is 0 Å². The zero-order valence-electron chi connectivity index (χ0n) is 8.93. The second kappa shape index (κ2) is 4.27. The summed E-state index contributed by atoms with van der Waals surface area (Å²) in [5.74, 6) is 1.77. The number of nitrogens with one attached hydrogen (secondary N) is 1. The maximum Gasteiger partial charge on any atom is 0.0102 e. The fraction of sp³-hybridized carbons (Fsp3) is 1.00. The Hall–Kier alpha value is -0.0400. The van der Waals surface area contributed by atoms with Gasteiger partial charge in [0, 0.05) is 12.1 Å². The Morgan fingerprint density at radius 2 is 2.00 bits per heavy atom. The molecule has 12 heavy (non-hydrogen) atoms. The van der Waals surface area contributed by atoms with Crippen LogP contribution in [0.3, 0.4) is 0 Å². The first-order valence-corrected chi connectivity index (χ1v) is 5.41. The molecule has 0 spiro atoms. The Morgan fingerprint density at radius 1 is 1.33 bits per heavy atom. The van der Waals surface area contributed by atoms with Crippen LogP contribution in [0.25, 0.3) is 0 Å². The second-order valence-corrected chi connectivity index (χ2v) is 4.59. The Bertz CT molecular complexity index is 131. The largest absolute Gasteiger partial charge is 0.311 e. The van der Waals surface area contributed by atoms with E-state index in [1.54, 1.807) is 0 Å². The molecule has 0 saturated heterocycles. The van der Waals surface area contributed by atoms with E-state index in [4.69, 9.17) is 0 Å². The van der Waals surface area contributed by atoms with Crippen molar-refractivity contribution < 1.29 is 0 Å². The predicted octanol–water partition coefficient (Wildman–Crippen LogP) is 2.81. The van der Waals surface area contributed by atoms with Crippen molar-refractivity contribution in [3.8, 4) is 0 Å². The zero-order chi connectivity index (χ0) is 9.14. The minimum atomic E-state index is 0.692. The van der Waals surface area contributed by atoms with Gasteiger partial charge >= 0.3 is 0 Å². The Balaban J connectivity index is 2.10. The first-order chi connectivity index (χ1) is 5.65. The lowest BCUT2D eigenvalue weighted by Gasteiger charge is -2.17. The average molecular weight is 169 g/mol. The van der Waals surface area contributed by atoms with Crippen LogP contribution in [0, 0.1) is 11.8 Å². The third-order valence-electron chi connectivity index (χ3n) is 3.06. The van der Waals surface area contributed by atoms with E-state index in [0.29, 0.717) is 6.04 Å². The third-order valence-corrected chi connectivity index (χ3v) is 3.06. The smallest absolute Gasteiger partial charge is 0.0102 e. The van der Waals surface area contributed by atoms with E-state index >= 15 is 0 Å². The molecule has 1 rings (SSSR count). The first kappa shape index (κ1) is 10.0. The molecule has 0 aromatic carbocycles. The molecule has 1 aliphatic carbocycles. The molecule has 0 bridgehead atoms. The van der Waals surface area contributed by atoms with Gasteiger partial charge in [-0.2, -0.15) is 0 Å². The summed E-state index contributed by atoms with van der Waals surface area (Å²) in [6, 6.07) is 1.54. The number of hydrogen-bond acceptors (Lipinski definition) is 1. The molecule has 0 heterocycles. The van der Waals surface area contributed by atoms with Crippen LogP contribution >= 0.6 is 0 Å². The highest BCUT2D eigenvalue weighted by atomic mass is 15.0. The molecule has 3 atom stereocenters. The van der Waals surface area contributed by atoms with Crippen LogP contribution in [-0.4, -0.2) is 12.1 Å². The van der Waals surface area contributed by atoms with Gasteiger partial charge in [0.25, 0.3) is 0 Å². The average Bonchev–Trinajstić information content (AvgIpc) is 2.68. The molecule has 1 saturated carbocycles. The van der Waals surface area contributed by atoms with Gasteiger partial charge in [-0.25, -0.2) is 0 Å². The molecule has 0 aromatic rings. The molecule has 1 nitrogen and oxygen atoms in total. The molecule has 1 fully saturated rings. The highest BCUT2D eigenvalue weighted by Gasteiger charge is 2.36. The van der Waals surface area contributed by atoms with Crippen molar-refractivity contribution in [2.45, 2.75) is 59.0 Å². The highest BCUT2D eigenvalue weighted by Crippen LogP contribution is 2.35. The molecule has 3 unspecified atom stereocenters. The van der Waals surface area contributed by atoms with Crippen molar-refractivity contribution in [1.82, 2.24) is 5.32 Å². The zero-order valence-corrected chi connectivity index (χ0v) is 8.93.